The molecule has 1 N–H and O–H groups in total. The van der Waals surface area contributed by atoms with Crippen molar-refractivity contribution >= 4 is 30.5 Å². The third-order valence-electron chi connectivity index (χ3n) is 5.01. The van der Waals surface area contributed by atoms with Gasteiger partial charge in [-0.1, -0.05) is 0 Å². The minimum absolute atomic E-state index is 0. The second-order valence-electron chi connectivity index (χ2n) is 6.52. The average Bonchev–Trinajstić information content (AvgIpc) is 3.03. The normalized spacial score (nSPS) is 21.1. The largest absolute Gasteiger partial charge is 0.316 e. The summed E-state index contributed by atoms with van der Waals surface area (Å²) < 4.78 is 3.70. The van der Waals surface area contributed by atoms with E-state index in [2.05, 4.69) is 21.5 Å². The van der Waals surface area contributed by atoms with Crippen molar-refractivity contribution in [3.05, 3.63) is 52.7 Å². The van der Waals surface area contributed by atoms with Crippen LogP contribution in [0.2, 0.25) is 0 Å². The minimum Gasteiger partial charge on any atom is -0.316 e. The van der Waals surface area contributed by atoms with Crippen LogP contribution in [0.15, 0.2) is 41.5 Å². The van der Waals surface area contributed by atoms with Gasteiger partial charge in [-0.05, 0) is 37.1 Å². The first kappa shape index (κ1) is 17.9. The predicted molar refractivity (Wildman–Crippen MR) is 101 cm³/mol. The summed E-state index contributed by atoms with van der Waals surface area (Å²) in [6.45, 7) is 2.79. The standard InChI is InChI=1S/C17H17N5O.2ClH/c23-17-7-12(14-1-2-16-19-3-4-22(16)20-14)6-15-13-5-11(8-18-9-13)10-21(15)17;;/h1-4,6-7,11,13,18H,5,8-10H2;2*1H/t11-,13+;;/m0../s1. The maximum Gasteiger partial charge on any atom is 0.251 e. The molecule has 5 rings (SSSR count). The number of nitrogens with one attached hydrogen (secondary N) is 1. The summed E-state index contributed by atoms with van der Waals surface area (Å²) >= 11 is 0. The Morgan fingerprint density at radius 1 is 1.16 bits per heavy atom. The van der Waals surface area contributed by atoms with Gasteiger partial charge in [-0.2, -0.15) is 5.10 Å². The topological polar surface area (TPSA) is 64.2 Å². The van der Waals surface area contributed by atoms with Crippen LogP contribution in [0, 0.1) is 5.92 Å². The van der Waals surface area contributed by atoms with E-state index in [9.17, 15) is 4.79 Å². The number of imidazole rings is 1. The lowest BCUT2D eigenvalue weighted by Gasteiger charge is -2.37. The van der Waals surface area contributed by atoms with E-state index in [4.69, 9.17) is 0 Å². The van der Waals surface area contributed by atoms with Gasteiger partial charge in [-0.3, -0.25) is 4.79 Å². The van der Waals surface area contributed by atoms with Gasteiger partial charge in [0.1, 0.15) is 0 Å². The minimum atomic E-state index is 0. The molecule has 8 heteroatoms. The van der Waals surface area contributed by atoms with E-state index in [1.807, 2.05) is 22.9 Å². The summed E-state index contributed by atoms with van der Waals surface area (Å²) in [7, 11) is 0. The molecule has 1 saturated heterocycles. The summed E-state index contributed by atoms with van der Waals surface area (Å²) in [5, 5.41) is 8.05. The summed E-state index contributed by atoms with van der Waals surface area (Å²) in [5.41, 5.74) is 3.73. The van der Waals surface area contributed by atoms with E-state index in [-0.39, 0.29) is 30.4 Å². The second-order valence-corrected chi connectivity index (χ2v) is 6.52. The maximum absolute atomic E-state index is 12.6. The van der Waals surface area contributed by atoms with Gasteiger partial charge >= 0.3 is 0 Å². The fourth-order valence-corrected chi connectivity index (χ4v) is 3.92. The lowest BCUT2D eigenvalue weighted by Crippen LogP contribution is -2.44. The van der Waals surface area contributed by atoms with Crippen molar-refractivity contribution in [2.24, 2.45) is 5.92 Å². The molecule has 2 bridgehead atoms. The van der Waals surface area contributed by atoms with Crippen LogP contribution < -0.4 is 10.9 Å². The molecule has 0 radical (unpaired) electrons. The van der Waals surface area contributed by atoms with Gasteiger partial charge in [-0.25, -0.2) is 9.50 Å². The van der Waals surface area contributed by atoms with Crippen molar-refractivity contribution in [2.75, 3.05) is 13.1 Å². The number of piperidine rings is 1. The van der Waals surface area contributed by atoms with Crippen LogP contribution in [0.4, 0.5) is 0 Å². The monoisotopic (exact) mass is 379 g/mol. The van der Waals surface area contributed by atoms with Gasteiger partial charge in [0.25, 0.3) is 5.56 Å². The van der Waals surface area contributed by atoms with Crippen molar-refractivity contribution in [3.63, 3.8) is 0 Å². The van der Waals surface area contributed by atoms with E-state index < -0.39 is 0 Å². The third-order valence-corrected chi connectivity index (χ3v) is 5.01. The van der Waals surface area contributed by atoms with Crippen LogP contribution >= 0.6 is 24.8 Å². The first-order valence-electron chi connectivity index (χ1n) is 8.04. The first-order chi connectivity index (χ1) is 11.3. The van der Waals surface area contributed by atoms with Crippen molar-refractivity contribution < 1.29 is 0 Å². The van der Waals surface area contributed by atoms with Crippen molar-refractivity contribution in [1.82, 2.24) is 24.5 Å². The summed E-state index contributed by atoms with van der Waals surface area (Å²) in [4.78, 5) is 16.8. The summed E-state index contributed by atoms with van der Waals surface area (Å²) in [5.74, 6) is 0.998. The SMILES string of the molecule is Cl.Cl.O=c1cc(-c2ccc3nccn3n2)cc2n1C[C@@H]1CNC[C@H]2C1. The Hall–Kier alpha value is -1.89. The molecule has 3 aromatic rings. The maximum atomic E-state index is 12.6. The van der Waals surface area contributed by atoms with Crippen molar-refractivity contribution in [3.8, 4) is 11.3 Å². The number of rotatable bonds is 1. The number of fused-ring (bicyclic) bond motifs is 5. The molecule has 0 aliphatic carbocycles. The number of hydrogen-bond acceptors (Lipinski definition) is 4. The Balaban J connectivity index is 0.000000911. The Morgan fingerprint density at radius 3 is 2.92 bits per heavy atom. The fourth-order valence-electron chi connectivity index (χ4n) is 3.92. The summed E-state index contributed by atoms with van der Waals surface area (Å²) in [6.07, 6.45) is 4.71. The van der Waals surface area contributed by atoms with Crippen LogP contribution in [-0.4, -0.2) is 32.3 Å². The van der Waals surface area contributed by atoms with Gasteiger partial charge in [0.05, 0.1) is 5.69 Å². The van der Waals surface area contributed by atoms with Gasteiger partial charge in [0.15, 0.2) is 5.65 Å². The smallest absolute Gasteiger partial charge is 0.251 e. The molecule has 2 atom stereocenters. The zero-order valence-corrected chi connectivity index (χ0v) is 15.1. The fraction of sp³-hybridized carbons (Fsp3) is 0.353. The van der Waals surface area contributed by atoms with Gasteiger partial charge in [0.2, 0.25) is 0 Å². The Bertz CT molecular complexity index is 967. The van der Waals surface area contributed by atoms with Crippen molar-refractivity contribution in [2.45, 2.75) is 18.9 Å². The quantitative estimate of drug-likeness (QED) is 0.703. The van der Waals surface area contributed by atoms with Crippen LogP contribution in [0.1, 0.15) is 18.0 Å². The molecule has 0 aromatic carbocycles. The molecule has 2 aliphatic rings. The van der Waals surface area contributed by atoms with Crippen LogP contribution in [-0.2, 0) is 6.54 Å². The lowest BCUT2D eigenvalue weighted by atomic mass is 9.83. The highest BCUT2D eigenvalue weighted by Gasteiger charge is 2.31. The summed E-state index contributed by atoms with van der Waals surface area (Å²) in [6, 6.07) is 7.71. The van der Waals surface area contributed by atoms with E-state index in [0.717, 1.165) is 42.2 Å². The molecule has 0 unspecified atom stereocenters. The molecule has 2 aliphatic heterocycles. The van der Waals surface area contributed by atoms with E-state index in [0.29, 0.717) is 11.8 Å². The van der Waals surface area contributed by atoms with Gasteiger partial charge in [-0.15, -0.1) is 24.8 Å². The molecule has 5 heterocycles. The molecule has 25 heavy (non-hydrogen) atoms. The molecule has 132 valence electrons. The first-order valence-corrected chi connectivity index (χ1v) is 8.04. The highest BCUT2D eigenvalue weighted by molar-refractivity contribution is 5.85. The van der Waals surface area contributed by atoms with E-state index in [1.54, 1.807) is 16.8 Å². The molecule has 0 saturated carbocycles. The molecular formula is C17H19Cl2N5O. The van der Waals surface area contributed by atoms with Crippen LogP contribution in [0.3, 0.4) is 0 Å². The van der Waals surface area contributed by atoms with Gasteiger partial charge < -0.3 is 9.88 Å². The lowest BCUT2D eigenvalue weighted by molar-refractivity contribution is 0.257. The van der Waals surface area contributed by atoms with Crippen molar-refractivity contribution in [1.29, 1.82) is 0 Å². The Morgan fingerprint density at radius 2 is 2.04 bits per heavy atom. The highest BCUT2D eigenvalue weighted by Crippen LogP contribution is 2.33. The number of hydrogen-bond donors (Lipinski definition) is 1. The number of halogens is 2. The molecule has 1 fully saturated rings. The zero-order chi connectivity index (χ0) is 15.4. The Kier molecular flexibility index (Phi) is 4.86. The van der Waals surface area contributed by atoms with Crippen LogP contribution in [0.25, 0.3) is 16.9 Å². The van der Waals surface area contributed by atoms with Crippen LogP contribution in [0.5, 0.6) is 0 Å². The van der Waals surface area contributed by atoms with Gasteiger partial charge in [0, 0.05) is 48.7 Å². The molecule has 3 aromatic heterocycles. The molecular weight excluding hydrogens is 361 g/mol. The predicted octanol–water partition coefficient (Wildman–Crippen LogP) is 2.11. The number of pyridine rings is 1. The van der Waals surface area contributed by atoms with E-state index in [1.165, 1.54) is 6.42 Å². The molecule has 0 amide bonds. The number of nitrogens with zero attached hydrogens (tertiary/aromatic N) is 4. The molecule has 6 nitrogen and oxygen atoms in total. The zero-order valence-electron chi connectivity index (χ0n) is 13.5. The highest BCUT2D eigenvalue weighted by atomic mass is 35.5. The molecule has 0 spiro atoms. The second kappa shape index (κ2) is 6.78. The number of aromatic nitrogens is 4. The third kappa shape index (κ3) is 2.94. The van der Waals surface area contributed by atoms with E-state index >= 15 is 0 Å². The Labute approximate surface area is 157 Å². The average molecular weight is 380 g/mol.